The first-order valence-electron chi connectivity index (χ1n) is 12.4. The second-order valence-electron chi connectivity index (χ2n) is 12.4. The van der Waals surface area contributed by atoms with Gasteiger partial charge in [-0.15, -0.1) is 0 Å². The highest BCUT2D eigenvalue weighted by Gasteiger charge is 2.60. The highest BCUT2D eigenvalue weighted by molar-refractivity contribution is 5.36. The summed E-state index contributed by atoms with van der Waals surface area (Å²) in [7, 11) is 0. The molecule has 3 heteroatoms. The van der Waals surface area contributed by atoms with E-state index in [1.807, 2.05) is 0 Å². The summed E-state index contributed by atoms with van der Waals surface area (Å²) in [6.07, 6.45) is 10.5. The standard InChI is InChI=1S/C27H41NO2/c1-20-8-10-28(11-9-20)15-23(29)16-30-24-6-4-22(5-7-24)27-14-21-12-25(2,18-27)17-26(3,13-21)19-27/h4-7,20-21,23,29H,8-19H2,1-3H3/t21?,23-,25?,26?,27?/m0/s1. The van der Waals surface area contributed by atoms with Crippen molar-refractivity contribution >= 4 is 0 Å². The van der Waals surface area contributed by atoms with Gasteiger partial charge in [0.25, 0.3) is 0 Å². The van der Waals surface area contributed by atoms with Crippen LogP contribution in [0.4, 0.5) is 0 Å². The number of hydrogen-bond acceptors (Lipinski definition) is 3. The monoisotopic (exact) mass is 411 g/mol. The SMILES string of the molecule is CC1CCN(C[C@H](O)COc2ccc(C34CC5CC(C)(CC(C)(C5)C3)C4)cc2)CC1. The molecule has 0 aromatic heterocycles. The minimum Gasteiger partial charge on any atom is -0.491 e. The van der Waals surface area contributed by atoms with E-state index in [0.29, 0.717) is 22.9 Å². The molecule has 3 atom stereocenters. The average molecular weight is 412 g/mol. The number of β-amino-alcohol motifs (C(OH)–C–C–N with tert-alkyl or cyclic N) is 1. The maximum Gasteiger partial charge on any atom is 0.119 e. The van der Waals surface area contributed by atoms with Crippen molar-refractivity contribution in [3.63, 3.8) is 0 Å². The van der Waals surface area contributed by atoms with Crippen molar-refractivity contribution in [3.8, 4) is 5.75 Å². The van der Waals surface area contributed by atoms with E-state index < -0.39 is 6.10 Å². The number of aliphatic hydroxyl groups excluding tert-OH is 1. The van der Waals surface area contributed by atoms with Crippen LogP contribution in [0.15, 0.2) is 24.3 Å². The molecule has 166 valence electrons. The van der Waals surface area contributed by atoms with Crippen LogP contribution in [-0.4, -0.2) is 42.4 Å². The molecule has 1 heterocycles. The molecule has 6 rings (SSSR count). The van der Waals surface area contributed by atoms with Crippen LogP contribution >= 0.6 is 0 Å². The molecule has 1 aromatic carbocycles. The lowest BCUT2D eigenvalue weighted by molar-refractivity contribution is -0.110. The number of hydrogen-bond donors (Lipinski definition) is 1. The van der Waals surface area contributed by atoms with E-state index in [-0.39, 0.29) is 0 Å². The first kappa shape index (κ1) is 20.8. The smallest absolute Gasteiger partial charge is 0.119 e. The Labute approximate surface area is 183 Å². The van der Waals surface area contributed by atoms with E-state index in [2.05, 4.69) is 49.9 Å². The lowest BCUT2D eigenvalue weighted by atomic mass is 9.39. The van der Waals surface area contributed by atoms with Crippen molar-refractivity contribution in [1.82, 2.24) is 4.90 Å². The van der Waals surface area contributed by atoms with Crippen LogP contribution in [0.1, 0.15) is 77.7 Å². The predicted molar refractivity (Wildman–Crippen MR) is 122 cm³/mol. The Morgan fingerprint density at radius 2 is 1.63 bits per heavy atom. The van der Waals surface area contributed by atoms with Gasteiger partial charge in [-0.05, 0) is 110 Å². The van der Waals surface area contributed by atoms with Gasteiger partial charge in [-0.2, -0.15) is 0 Å². The highest BCUT2D eigenvalue weighted by atomic mass is 16.5. The molecule has 0 spiro atoms. The topological polar surface area (TPSA) is 32.7 Å². The Kier molecular flexibility index (Phi) is 5.22. The third kappa shape index (κ3) is 4.05. The van der Waals surface area contributed by atoms with Gasteiger partial charge in [0, 0.05) is 6.54 Å². The van der Waals surface area contributed by atoms with E-state index in [9.17, 15) is 5.11 Å². The largest absolute Gasteiger partial charge is 0.491 e. The third-order valence-electron chi connectivity index (χ3n) is 8.88. The lowest BCUT2D eigenvalue weighted by Gasteiger charge is -2.65. The zero-order chi connectivity index (χ0) is 21.0. The maximum atomic E-state index is 10.4. The molecule has 5 fully saturated rings. The predicted octanol–water partition coefficient (Wildman–Crippen LogP) is 5.41. The average Bonchev–Trinajstić information content (AvgIpc) is 2.66. The van der Waals surface area contributed by atoms with Crippen molar-refractivity contribution in [2.45, 2.75) is 83.7 Å². The Morgan fingerprint density at radius 3 is 2.23 bits per heavy atom. The molecule has 4 aliphatic carbocycles. The Bertz CT molecular complexity index is 733. The molecule has 1 aromatic rings. The normalized spacial score (nSPS) is 39.9. The molecule has 5 aliphatic rings. The van der Waals surface area contributed by atoms with E-state index in [1.165, 1.54) is 56.9 Å². The summed E-state index contributed by atoms with van der Waals surface area (Å²) in [6.45, 7) is 10.7. The summed E-state index contributed by atoms with van der Waals surface area (Å²) in [4.78, 5) is 2.38. The summed E-state index contributed by atoms with van der Waals surface area (Å²) < 4.78 is 5.97. The van der Waals surface area contributed by atoms with Gasteiger partial charge >= 0.3 is 0 Å². The maximum absolute atomic E-state index is 10.4. The minimum absolute atomic E-state index is 0.381. The van der Waals surface area contributed by atoms with Gasteiger partial charge in [-0.1, -0.05) is 32.9 Å². The Hall–Kier alpha value is -1.06. The molecule has 3 nitrogen and oxygen atoms in total. The summed E-state index contributed by atoms with van der Waals surface area (Å²) in [5, 5.41) is 10.4. The second-order valence-corrected chi connectivity index (χ2v) is 12.4. The number of nitrogens with zero attached hydrogens (tertiary/aromatic N) is 1. The van der Waals surface area contributed by atoms with Gasteiger partial charge in [0.05, 0.1) is 0 Å². The van der Waals surface area contributed by atoms with E-state index in [0.717, 1.165) is 37.2 Å². The van der Waals surface area contributed by atoms with Crippen molar-refractivity contribution in [1.29, 1.82) is 0 Å². The quantitative estimate of drug-likeness (QED) is 0.680. The number of benzene rings is 1. The van der Waals surface area contributed by atoms with Gasteiger partial charge in [0.15, 0.2) is 0 Å². The summed E-state index contributed by atoms with van der Waals surface area (Å²) in [5.41, 5.74) is 2.99. The van der Waals surface area contributed by atoms with E-state index in [4.69, 9.17) is 4.74 Å². The van der Waals surface area contributed by atoms with Gasteiger partial charge in [0.2, 0.25) is 0 Å². The number of ether oxygens (including phenoxy) is 1. The molecule has 2 unspecified atom stereocenters. The van der Waals surface area contributed by atoms with Crippen LogP contribution in [-0.2, 0) is 5.41 Å². The van der Waals surface area contributed by atoms with Crippen LogP contribution in [0, 0.1) is 22.7 Å². The fourth-order valence-electron chi connectivity index (χ4n) is 8.46. The Balaban J connectivity index is 1.19. The van der Waals surface area contributed by atoms with Crippen LogP contribution in [0.2, 0.25) is 0 Å². The lowest BCUT2D eigenvalue weighted by Crippen LogP contribution is -2.56. The van der Waals surface area contributed by atoms with Gasteiger partial charge in [-0.25, -0.2) is 0 Å². The van der Waals surface area contributed by atoms with Crippen LogP contribution in [0.5, 0.6) is 5.75 Å². The van der Waals surface area contributed by atoms with Gasteiger partial charge in [-0.3, -0.25) is 0 Å². The molecule has 4 saturated carbocycles. The van der Waals surface area contributed by atoms with E-state index in [1.54, 1.807) is 0 Å². The molecular formula is C27H41NO2. The van der Waals surface area contributed by atoms with Crippen molar-refractivity contribution in [2.75, 3.05) is 26.2 Å². The van der Waals surface area contributed by atoms with Crippen molar-refractivity contribution < 1.29 is 9.84 Å². The summed E-state index contributed by atoms with van der Waals surface area (Å²) in [6, 6.07) is 8.95. The zero-order valence-electron chi connectivity index (χ0n) is 19.3. The fraction of sp³-hybridized carbons (Fsp3) is 0.778. The number of rotatable bonds is 6. The molecular weight excluding hydrogens is 370 g/mol. The first-order chi connectivity index (χ1) is 14.2. The third-order valence-corrected chi connectivity index (χ3v) is 8.88. The summed E-state index contributed by atoms with van der Waals surface area (Å²) >= 11 is 0. The second kappa shape index (κ2) is 7.52. The molecule has 1 saturated heterocycles. The van der Waals surface area contributed by atoms with Crippen molar-refractivity contribution in [2.24, 2.45) is 22.7 Å². The van der Waals surface area contributed by atoms with Crippen LogP contribution in [0.3, 0.4) is 0 Å². The van der Waals surface area contributed by atoms with Gasteiger partial charge in [0.1, 0.15) is 18.5 Å². The Morgan fingerprint density at radius 1 is 1.00 bits per heavy atom. The van der Waals surface area contributed by atoms with Crippen LogP contribution in [0.25, 0.3) is 0 Å². The van der Waals surface area contributed by atoms with Crippen molar-refractivity contribution in [3.05, 3.63) is 29.8 Å². The minimum atomic E-state index is -0.416. The van der Waals surface area contributed by atoms with Crippen LogP contribution < -0.4 is 4.74 Å². The molecule has 4 bridgehead atoms. The zero-order valence-corrected chi connectivity index (χ0v) is 19.3. The number of aliphatic hydroxyl groups is 1. The number of piperidine rings is 1. The molecule has 1 N–H and O–H groups in total. The molecule has 0 amide bonds. The number of likely N-dealkylation sites (tertiary alicyclic amines) is 1. The van der Waals surface area contributed by atoms with E-state index >= 15 is 0 Å². The highest BCUT2D eigenvalue weighted by Crippen LogP contribution is 2.69. The van der Waals surface area contributed by atoms with Gasteiger partial charge < -0.3 is 14.7 Å². The first-order valence-corrected chi connectivity index (χ1v) is 12.4. The molecule has 1 aliphatic heterocycles. The summed E-state index contributed by atoms with van der Waals surface area (Å²) in [5.74, 6) is 2.64. The molecule has 30 heavy (non-hydrogen) atoms. The fourth-order valence-corrected chi connectivity index (χ4v) is 8.46. The molecule has 0 radical (unpaired) electrons.